The molecule has 0 aliphatic rings. The summed E-state index contributed by atoms with van der Waals surface area (Å²) in [7, 11) is 0. The molecule has 1 aromatic rings. The standard InChI is InChI=1S/C7H8IN/c1-5-3-7(8)4-9-6(5)2/h3-4H,1-2H3. The van der Waals surface area contributed by atoms with Gasteiger partial charge in [0, 0.05) is 15.5 Å². The van der Waals surface area contributed by atoms with Crippen LogP contribution in [-0.4, -0.2) is 4.98 Å². The number of pyridine rings is 1. The third-order valence-corrected chi connectivity index (χ3v) is 1.90. The minimum absolute atomic E-state index is 1.12. The monoisotopic (exact) mass is 233 g/mol. The predicted molar refractivity (Wildman–Crippen MR) is 46.4 cm³/mol. The minimum atomic E-state index is 1.12. The zero-order valence-corrected chi connectivity index (χ0v) is 7.64. The molecule has 1 nitrogen and oxygen atoms in total. The van der Waals surface area contributed by atoms with Crippen LogP contribution in [0.4, 0.5) is 0 Å². The highest BCUT2D eigenvalue weighted by Crippen LogP contribution is 2.07. The molecule has 0 bridgehead atoms. The maximum atomic E-state index is 4.17. The van der Waals surface area contributed by atoms with E-state index in [0.717, 1.165) is 5.69 Å². The molecule has 0 spiro atoms. The Morgan fingerprint density at radius 3 is 2.56 bits per heavy atom. The van der Waals surface area contributed by atoms with Crippen molar-refractivity contribution < 1.29 is 0 Å². The molecule has 0 saturated carbocycles. The first-order valence-corrected chi connectivity index (χ1v) is 3.87. The lowest BCUT2D eigenvalue weighted by Crippen LogP contribution is -1.85. The lowest BCUT2D eigenvalue weighted by atomic mass is 10.2. The van der Waals surface area contributed by atoms with E-state index in [9.17, 15) is 0 Å². The van der Waals surface area contributed by atoms with Crippen molar-refractivity contribution in [1.82, 2.24) is 4.98 Å². The molecule has 48 valence electrons. The van der Waals surface area contributed by atoms with E-state index in [-0.39, 0.29) is 0 Å². The summed E-state index contributed by atoms with van der Waals surface area (Å²) in [6.45, 7) is 4.09. The molecule has 0 amide bonds. The van der Waals surface area contributed by atoms with E-state index in [0.29, 0.717) is 0 Å². The van der Waals surface area contributed by atoms with Crippen LogP contribution < -0.4 is 0 Å². The first-order valence-electron chi connectivity index (χ1n) is 2.79. The third-order valence-electron chi connectivity index (χ3n) is 1.31. The lowest BCUT2D eigenvalue weighted by molar-refractivity contribution is 1.14. The topological polar surface area (TPSA) is 12.9 Å². The van der Waals surface area contributed by atoms with Crippen LogP contribution in [0.1, 0.15) is 11.3 Å². The number of nitrogens with zero attached hydrogens (tertiary/aromatic N) is 1. The first kappa shape index (κ1) is 6.99. The van der Waals surface area contributed by atoms with Crippen LogP contribution in [0.25, 0.3) is 0 Å². The van der Waals surface area contributed by atoms with Gasteiger partial charge in [0.1, 0.15) is 0 Å². The highest BCUT2D eigenvalue weighted by molar-refractivity contribution is 14.1. The molecule has 0 radical (unpaired) electrons. The molecule has 1 heterocycles. The Labute approximate surface area is 68.6 Å². The second kappa shape index (κ2) is 2.64. The molecule has 0 saturated heterocycles. The van der Waals surface area contributed by atoms with Gasteiger partial charge >= 0.3 is 0 Å². The summed E-state index contributed by atoms with van der Waals surface area (Å²) in [5.41, 5.74) is 2.39. The molecular weight excluding hydrogens is 225 g/mol. The SMILES string of the molecule is Cc1cc(I)cnc1C. The van der Waals surface area contributed by atoms with Crippen LogP contribution in [0.2, 0.25) is 0 Å². The Hall–Kier alpha value is -0.120. The smallest absolute Gasteiger partial charge is 0.0404 e. The normalized spacial score (nSPS) is 9.67. The van der Waals surface area contributed by atoms with Gasteiger partial charge in [-0.15, -0.1) is 0 Å². The molecule has 2 heteroatoms. The summed E-state index contributed by atoms with van der Waals surface area (Å²) in [6, 6.07) is 2.13. The number of hydrogen-bond donors (Lipinski definition) is 0. The van der Waals surface area contributed by atoms with E-state index in [2.05, 4.69) is 40.6 Å². The molecule has 0 N–H and O–H groups in total. The summed E-state index contributed by atoms with van der Waals surface area (Å²) >= 11 is 2.26. The molecule has 0 aliphatic carbocycles. The van der Waals surface area contributed by atoms with Crippen molar-refractivity contribution in [2.24, 2.45) is 0 Å². The summed E-state index contributed by atoms with van der Waals surface area (Å²) in [5, 5.41) is 0. The molecule has 0 unspecified atom stereocenters. The molecule has 1 rings (SSSR count). The van der Waals surface area contributed by atoms with Gasteiger partial charge in [0.05, 0.1) is 0 Å². The highest BCUT2D eigenvalue weighted by Gasteiger charge is 1.91. The van der Waals surface area contributed by atoms with Crippen molar-refractivity contribution in [1.29, 1.82) is 0 Å². The molecule has 0 aliphatic heterocycles. The fraction of sp³-hybridized carbons (Fsp3) is 0.286. The van der Waals surface area contributed by atoms with E-state index >= 15 is 0 Å². The second-order valence-corrected chi connectivity index (χ2v) is 3.30. The first-order chi connectivity index (χ1) is 4.20. The average molecular weight is 233 g/mol. The number of hydrogen-bond acceptors (Lipinski definition) is 1. The zero-order chi connectivity index (χ0) is 6.85. The Kier molecular flexibility index (Phi) is 2.05. The van der Waals surface area contributed by atoms with Gasteiger partial charge in [0.25, 0.3) is 0 Å². The fourth-order valence-electron chi connectivity index (χ4n) is 0.609. The largest absolute Gasteiger partial charge is 0.260 e. The average Bonchev–Trinajstić information content (AvgIpc) is 1.80. The van der Waals surface area contributed by atoms with Gasteiger partial charge in [-0.25, -0.2) is 0 Å². The summed E-state index contributed by atoms with van der Waals surface area (Å²) in [6.07, 6.45) is 1.88. The van der Waals surface area contributed by atoms with Gasteiger partial charge in [-0.1, -0.05) is 0 Å². The molecule has 9 heavy (non-hydrogen) atoms. The van der Waals surface area contributed by atoms with Gasteiger partial charge in [-0.2, -0.15) is 0 Å². The van der Waals surface area contributed by atoms with Crippen LogP contribution in [0.3, 0.4) is 0 Å². The third kappa shape index (κ3) is 1.64. The second-order valence-electron chi connectivity index (χ2n) is 2.06. The predicted octanol–water partition coefficient (Wildman–Crippen LogP) is 2.30. The van der Waals surface area contributed by atoms with E-state index in [1.165, 1.54) is 9.13 Å². The van der Waals surface area contributed by atoms with Crippen molar-refractivity contribution in [3.8, 4) is 0 Å². The maximum Gasteiger partial charge on any atom is 0.0404 e. The van der Waals surface area contributed by atoms with Gasteiger partial charge in [-0.3, -0.25) is 4.98 Å². The molecule has 0 fully saturated rings. The Balaban J connectivity index is 3.17. The van der Waals surface area contributed by atoms with Gasteiger partial charge < -0.3 is 0 Å². The van der Waals surface area contributed by atoms with Gasteiger partial charge in [0.2, 0.25) is 0 Å². The van der Waals surface area contributed by atoms with Crippen LogP contribution in [0, 0.1) is 17.4 Å². The number of rotatable bonds is 0. The lowest BCUT2D eigenvalue weighted by Gasteiger charge is -1.96. The molecular formula is C7H8IN. The molecule has 0 aromatic carbocycles. The van der Waals surface area contributed by atoms with Crippen molar-refractivity contribution in [3.63, 3.8) is 0 Å². The maximum absolute atomic E-state index is 4.17. The van der Waals surface area contributed by atoms with Crippen molar-refractivity contribution in [2.75, 3.05) is 0 Å². The van der Waals surface area contributed by atoms with Crippen molar-refractivity contribution in [3.05, 3.63) is 27.1 Å². The Bertz CT molecular complexity index is 220. The molecule has 0 atom stereocenters. The highest BCUT2D eigenvalue weighted by atomic mass is 127. The summed E-state index contributed by atoms with van der Waals surface area (Å²) in [5.74, 6) is 0. The van der Waals surface area contributed by atoms with Crippen LogP contribution in [-0.2, 0) is 0 Å². The number of aryl methyl sites for hydroxylation is 2. The van der Waals surface area contributed by atoms with Crippen molar-refractivity contribution >= 4 is 22.6 Å². The summed E-state index contributed by atoms with van der Waals surface area (Å²) < 4.78 is 1.20. The quantitative estimate of drug-likeness (QED) is 0.626. The van der Waals surface area contributed by atoms with Crippen LogP contribution in [0.5, 0.6) is 0 Å². The van der Waals surface area contributed by atoms with Crippen LogP contribution >= 0.6 is 22.6 Å². The van der Waals surface area contributed by atoms with E-state index in [4.69, 9.17) is 0 Å². The van der Waals surface area contributed by atoms with E-state index < -0.39 is 0 Å². The Morgan fingerprint density at radius 1 is 1.44 bits per heavy atom. The fourth-order valence-corrected chi connectivity index (χ4v) is 1.22. The van der Waals surface area contributed by atoms with Gasteiger partial charge in [-0.05, 0) is 48.1 Å². The molecule has 1 aromatic heterocycles. The number of aromatic nitrogens is 1. The van der Waals surface area contributed by atoms with Crippen LogP contribution in [0.15, 0.2) is 12.3 Å². The van der Waals surface area contributed by atoms with Gasteiger partial charge in [0.15, 0.2) is 0 Å². The zero-order valence-electron chi connectivity index (χ0n) is 5.48. The minimum Gasteiger partial charge on any atom is -0.260 e. The Morgan fingerprint density at radius 2 is 2.11 bits per heavy atom. The van der Waals surface area contributed by atoms with E-state index in [1.54, 1.807) is 0 Å². The van der Waals surface area contributed by atoms with Crippen molar-refractivity contribution in [2.45, 2.75) is 13.8 Å². The number of halogens is 1. The van der Waals surface area contributed by atoms with E-state index in [1.807, 2.05) is 13.1 Å². The summed E-state index contributed by atoms with van der Waals surface area (Å²) in [4.78, 5) is 4.17.